The maximum atomic E-state index is 14.1. The Morgan fingerprint density at radius 3 is 2.50 bits per heavy atom. The molecule has 2 aliphatic heterocycles. The van der Waals surface area contributed by atoms with Gasteiger partial charge in [0.05, 0.1) is 11.5 Å². The molecule has 1 aliphatic carbocycles. The third kappa shape index (κ3) is 5.14. The smallest absolute Gasteiger partial charge is 0.194 e. The second-order valence-corrected chi connectivity index (χ2v) is 10.1. The summed E-state index contributed by atoms with van der Waals surface area (Å²) in [5.74, 6) is 0.0738. The lowest BCUT2D eigenvalue weighted by Gasteiger charge is -2.23. The summed E-state index contributed by atoms with van der Waals surface area (Å²) in [5.41, 5.74) is 0.160. The fraction of sp³-hybridized carbons (Fsp3) is 0.632. The van der Waals surface area contributed by atoms with Crippen molar-refractivity contribution in [1.29, 1.82) is 0 Å². The van der Waals surface area contributed by atoms with Crippen molar-refractivity contribution in [1.82, 2.24) is 10.2 Å². The Morgan fingerprint density at radius 2 is 1.89 bits per heavy atom. The number of guanidine groups is 1. The van der Waals surface area contributed by atoms with Crippen molar-refractivity contribution >= 4 is 39.8 Å². The molecule has 9 heteroatoms. The Morgan fingerprint density at radius 1 is 1.18 bits per heavy atom. The van der Waals surface area contributed by atoms with E-state index in [9.17, 15) is 17.2 Å². The van der Waals surface area contributed by atoms with E-state index in [1.165, 1.54) is 18.2 Å². The number of aliphatic imine (C=N–C) groups is 1. The summed E-state index contributed by atoms with van der Waals surface area (Å²) in [4.78, 5) is 6.74. The van der Waals surface area contributed by atoms with Crippen LogP contribution in [0.5, 0.6) is 0 Å². The molecule has 0 aromatic heterocycles. The molecule has 156 valence electrons. The van der Waals surface area contributed by atoms with E-state index in [-0.39, 0.29) is 52.9 Å². The summed E-state index contributed by atoms with van der Waals surface area (Å²) >= 11 is 0. The lowest BCUT2D eigenvalue weighted by molar-refractivity contribution is 0.468. The number of nitrogens with zero attached hydrogens (tertiary/aromatic N) is 2. The summed E-state index contributed by atoms with van der Waals surface area (Å²) in [5, 5.41) is 3.42. The van der Waals surface area contributed by atoms with Gasteiger partial charge in [0.25, 0.3) is 0 Å². The van der Waals surface area contributed by atoms with E-state index in [0.717, 1.165) is 18.8 Å². The van der Waals surface area contributed by atoms with Gasteiger partial charge in [0.2, 0.25) is 0 Å². The van der Waals surface area contributed by atoms with Crippen molar-refractivity contribution in [3.63, 3.8) is 0 Å². The Bertz CT molecular complexity index is 825. The van der Waals surface area contributed by atoms with E-state index in [1.54, 1.807) is 0 Å². The highest BCUT2D eigenvalue weighted by Gasteiger charge is 2.33. The lowest BCUT2D eigenvalue weighted by atomic mass is 9.97. The molecule has 3 fully saturated rings. The number of sulfone groups is 1. The Labute approximate surface area is 181 Å². The number of hydrogen-bond acceptors (Lipinski definition) is 3. The molecule has 1 saturated carbocycles. The van der Waals surface area contributed by atoms with Crippen LogP contribution in [-0.2, 0) is 9.84 Å². The molecule has 0 bridgehead atoms. The number of nitrogens with one attached hydrogen (secondary N) is 1. The molecule has 0 radical (unpaired) electrons. The van der Waals surface area contributed by atoms with Crippen molar-refractivity contribution in [3.05, 3.63) is 35.4 Å². The predicted molar refractivity (Wildman–Crippen MR) is 116 cm³/mol. The largest absolute Gasteiger partial charge is 0.354 e. The highest BCUT2D eigenvalue weighted by Crippen LogP contribution is 2.31. The fourth-order valence-electron chi connectivity index (χ4n) is 3.97. The summed E-state index contributed by atoms with van der Waals surface area (Å²) in [7, 11) is -2.91. The minimum absolute atomic E-state index is 0. The molecule has 2 saturated heterocycles. The van der Waals surface area contributed by atoms with Crippen LogP contribution >= 0.6 is 24.0 Å². The summed E-state index contributed by atoms with van der Waals surface area (Å²) in [6, 6.07) is 4.40. The van der Waals surface area contributed by atoms with Crippen LogP contribution in [0.3, 0.4) is 0 Å². The van der Waals surface area contributed by atoms with Crippen LogP contribution in [0.1, 0.15) is 37.2 Å². The van der Waals surface area contributed by atoms with Gasteiger partial charge in [-0.05, 0) is 43.7 Å². The van der Waals surface area contributed by atoms with Crippen LogP contribution in [0.4, 0.5) is 8.78 Å². The summed E-state index contributed by atoms with van der Waals surface area (Å²) in [6.45, 7) is 1.67. The molecule has 0 amide bonds. The van der Waals surface area contributed by atoms with Crippen molar-refractivity contribution in [2.24, 2.45) is 10.9 Å². The van der Waals surface area contributed by atoms with Crippen LogP contribution in [0.25, 0.3) is 0 Å². The predicted octanol–water partition coefficient (Wildman–Crippen LogP) is 2.91. The first-order valence-corrected chi connectivity index (χ1v) is 11.4. The molecule has 5 nitrogen and oxygen atoms in total. The zero-order valence-corrected chi connectivity index (χ0v) is 18.8. The van der Waals surface area contributed by atoms with E-state index in [2.05, 4.69) is 15.2 Å². The van der Waals surface area contributed by atoms with Gasteiger partial charge in [0.1, 0.15) is 11.6 Å². The molecule has 1 N–H and O–H groups in total. The standard InChI is InChI=1S/C19H25F2N3O2S.HI/c20-16-2-1-3-17(21)18(16)14-6-8-24(11-14)19(23-15-4-5-15)22-10-13-7-9-27(25,26)12-13;/h1-3,13-15H,4-12H2,(H,22,23);1H. The van der Waals surface area contributed by atoms with Crippen molar-refractivity contribution in [2.45, 2.75) is 37.6 Å². The third-order valence-corrected chi connectivity index (χ3v) is 7.47. The number of benzene rings is 1. The number of halogens is 3. The highest BCUT2D eigenvalue weighted by atomic mass is 127. The average molecular weight is 525 g/mol. The molecular formula is C19H26F2IN3O2S. The van der Waals surface area contributed by atoms with E-state index in [1.807, 2.05) is 0 Å². The molecule has 1 aromatic rings. The van der Waals surface area contributed by atoms with E-state index in [4.69, 9.17) is 0 Å². The second kappa shape index (κ2) is 8.81. The van der Waals surface area contributed by atoms with Crippen molar-refractivity contribution in [2.75, 3.05) is 31.1 Å². The Kier molecular flexibility index (Phi) is 6.84. The first kappa shape index (κ1) is 21.7. The van der Waals surface area contributed by atoms with Crippen LogP contribution in [-0.4, -0.2) is 56.5 Å². The molecule has 0 spiro atoms. The van der Waals surface area contributed by atoms with Gasteiger partial charge in [-0.2, -0.15) is 0 Å². The monoisotopic (exact) mass is 525 g/mol. The minimum Gasteiger partial charge on any atom is -0.354 e. The second-order valence-electron chi connectivity index (χ2n) is 7.92. The van der Waals surface area contributed by atoms with Crippen molar-refractivity contribution < 1.29 is 17.2 Å². The molecule has 28 heavy (non-hydrogen) atoms. The van der Waals surface area contributed by atoms with E-state index in [0.29, 0.717) is 38.5 Å². The molecule has 2 unspecified atom stereocenters. The first-order valence-electron chi connectivity index (χ1n) is 9.61. The maximum absolute atomic E-state index is 14.1. The van der Waals surface area contributed by atoms with Gasteiger partial charge < -0.3 is 10.2 Å². The Hall–Kier alpha value is -0.970. The molecule has 3 aliphatic rings. The van der Waals surface area contributed by atoms with Gasteiger partial charge in [0.15, 0.2) is 15.8 Å². The molecule has 1 aromatic carbocycles. The van der Waals surface area contributed by atoms with Gasteiger partial charge in [-0.25, -0.2) is 17.2 Å². The molecule has 4 rings (SSSR count). The average Bonchev–Trinajstić information content (AvgIpc) is 3.18. The van der Waals surface area contributed by atoms with Crippen LogP contribution in [0.15, 0.2) is 23.2 Å². The van der Waals surface area contributed by atoms with Gasteiger partial charge in [-0.15, -0.1) is 24.0 Å². The normalized spacial score (nSPS) is 26.9. The van der Waals surface area contributed by atoms with Gasteiger partial charge in [-0.3, -0.25) is 4.99 Å². The zero-order valence-electron chi connectivity index (χ0n) is 15.6. The van der Waals surface area contributed by atoms with Crippen molar-refractivity contribution in [3.8, 4) is 0 Å². The number of rotatable bonds is 4. The van der Waals surface area contributed by atoms with Gasteiger partial charge in [0, 0.05) is 37.2 Å². The highest BCUT2D eigenvalue weighted by molar-refractivity contribution is 14.0. The molecular weight excluding hydrogens is 499 g/mol. The SMILES string of the molecule is I.O=S1(=O)CCC(CN=C(NC2CC2)N2CCC(c3c(F)cccc3F)C2)C1. The Balaban J connectivity index is 0.00000225. The van der Waals surface area contributed by atoms with Crippen LogP contribution in [0, 0.1) is 17.6 Å². The van der Waals surface area contributed by atoms with Gasteiger partial charge in [-0.1, -0.05) is 6.07 Å². The molecule has 2 heterocycles. The molecule has 2 atom stereocenters. The first-order chi connectivity index (χ1) is 12.9. The zero-order chi connectivity index (χ0) is 19.0. The maximum Gasteiger partial charge on any atom is 0.194 e. The third-order valence-electron chi connectivity index (χ3n) is 5.63. The summed E-state index contributed by atoms with van der Waals surface area (Å²) in [6.07, 6.45) is 3.51. The minimum atomic E-state index is -2.91. The topological polar surface area (TPSA) is 61.8 Å². The fourth-order valence-corrected chi connectivity index (χ4v) is 5.82. The van der Waals surface area contributed by atoms with Crippen LogP contribution < -0.4 is 5.32 Å². The van der Waals surface area contributed by atoms with E-state index < -0.39 is 21.5 Å². The quantitative estimate of drug-likeness (QED) is 0.373. The summed E-state index contributed by atoms with van der Waals surface area (Å²) < 4.78 is 51.5. The van der Waals surface area contributed by atoms with E-state index >= 15 is 0 Å². The number of likely N-dealkylation sites (tertiary alicyclic amines) is 1. The van der Waals surface area contributed by atoms with Crippen LogP contribution in [0.2, 0.25) is 0 Å². The lowest BCUT2D eigenvalue weighted by Crippen LogP contribution is -2.41. The number of hydrogen-bond donors (Lipinski definition) is 1. The van der Waals surface area contributed by atoms with Gasteiger partial charge >= 0.3 is 0 Å².